The fourth-order valence-electron chi connectivity index (χ4n) is 8.41. The summed E-state index contributed by atoms with van der Waals surface area (Å²) < 4.78 is 31.4. The average Bonchev–Trinajstić information content (AvgIpc) is 3.32. The van der Waals surface area contributed by atoms with Crippen LogP contribution < -0.4 is 10.6 Å². The van der Waals surface area contributed by atoms with Gasteiger partial charge in [-0.2, -0.15) is 0 Å². The van der Waals surface area contributed by atoms with E-state index in [0.29, 0.717) is 26.1 Å². The van der Waals surface area contributed by atoms with E-state index < -0.39 is 41.6 Å². The number of alkyl carbamates (subject to hydrolysis) is 1. The van der Waals surface area contributed by atoms with Gasteiger partial charge in [0.15, 0.2) is 5.78 Å². The number of rotatable bonds is 26. The molecule has 2 N–H and O–H groups in total. The number of hydrogen-bond acceptors (Lipinski definition) is 9. The summed E-state index contributed by atoms with van der Waals surface area (Å²) in [5.74, 6) is -1.86. The molecule has 1 aliphatic rings. The van der Waals surface area contributed by atoms with Gasteiger partial charge < -0.3 is 34.3 Å². The molecule has 2 amide bonds. The molecule has 0 bridgehead atoms. The third kappa shape index (κ3) is 16.5. The Morgan fingerprint density at radius 3 is 1.69 bits per heavy atom. The van der Waals surface area contributed by atoms with Gasteiger partial charge in [-0.15, -0.1) is 0 Å². The van der Waals surface area contributed by atoms with Crippen LogP contribution in [0.25, 0.3) is 0 Å². The van der Waals surface area contributed by atoms with Crippen LogP contribution in [-0.4, -0.2) is 59.7 Å². The lowest BCUT2D eigenvalue weighted by Crippen LogP contribution is -2.61. The number of esters is 1. The molecule has 1 aliphatic heterocycles. The lowest BCUT2D eigenvalue weighted by molar-refractivity contribution is -0.273. The molecule has 4 aromatic carbocycles. The predicted octanol–water partition coefficient (Wildman–Crippen LogP) is 10.2. The van der Waals surface area contributed by atoms with Crippen LogP contribution >= 0.6 is 0 Å². The number of benzene rings is 4. The highest BCUT2D eigenvalue weighted by Crippen LogP contribution is 2.41. The van der Waals surface area contributed by atoms with Gasteiger partial charge in [0.05, 0.1) is 43.0 Å². The Morgan fingerprint density at radius 1 is 0.646 bits per heavy atom. The van der Waals surface area contributed by atoms with Gasteiger partial charge in [-0.25, -0.2) is 4.79 Å². The number of carbonyl (C=O) groups is 4. The van der Waals surface area contributed by atoms with Gasteiger partial charge in [-0.05, 0) is 55.4 Å². The van der Waals surface area contributed by atoms with E-state index >= 15 is 0 Å². The van der Waals surface area contributed by atoms with Gasteiger partial charge in [-0.3, -0.25) is 14.4 Å². The molecular formula is C54H70N2O9. The van der Waals surface area contributed by atoms with Crippen molar-refractivity contribution in [2.24, 2.45) is 11.8 Å². The van der Waals surface area contributed by atoms with Gasteiger partial charge in [-0.1, -0.05) is 174 Å². The minimum Gasteiger partial charge on any atom is -0.461 e. The molecule has 11 heteroatoms. The van der Waals surface area contributed by atoms with E-state index in [4.69, 9.17) is 23.7 Å². The fourth-order valence-corrected chi connectivity index (χ4v) is 8.41. The highest BCUT2D eigenvalue weighted by atomic mass is 16.6. The van der Waals surface area contributed by atoms with E-state index in [1.54, 1.807) is 13.8 Å². The minimum atomic E-state index is -0.931. The van der Waals surface area contributed by atoms with Crippen molar-refractivity contribution in [1.29, 1.82) is 0 Å². The Bertz CT molecular complexity index is 2020. The van der Waals surface area contributed by atoms with E-state index in [2.05, 4.69) is 55.7 Å². The maximum absolute atomic E-state index is 13.7. The van der Waals surface area contributed by atoms with Crippen LogP contribution in [0.4, 0.5) is 4.79 Å². The summed E-state index contributed by atoms with van der Waals surface area (Å²) in [6.45, 7) is 10.9. The average molecular weight is 891 g/mol. The molecule has 0 aliphatic carbocycles. The maximum Gasteiger partial charge on any atom is 0.408 e. The Morgan fingerprint density at radius 2 is 1.14 bits per heavy atom. The van der Waals surface area contributed by atoms with Crippen molar-refractivity contribution in [3.63, 3.8) is 0 Å². The summed E-state index contributed by atoms with van der Waals surface area (Å²) in [6, 6.07) is 37.2. The molecule has 350 valence electrons. The molecule has 0 unspecified atom stereocenters. The highest BCUT2D eigenvalue weighted by Gasteiger charge is 2.51. The van der Waals surface area contributed by atoms with Crippen LogP contribution in [-0.2, 0) is 64.5 Å². The summed E-state index contributed by atoms with van der Waals surface area (Å²) in [5, 5.41) is 5.51. The monoisotopic (exact) mass is 891 g/mol. The number of ether oxygens (including phenoxy) is 5. The molecule has 0 aromatic heterocycles. The second kappa shape index (κ2) is 26.6. The standard InChI is InChI=1S/C54H70N2O9/c1-6-48-40(3)49(61-35-42-24-14-10-15-25-42)50(62-36-43-26-16-11-17-27-43)54(5,65-48)33-23-9-7-8-22-32-46(56-53(60)64-38-45-30-20-13-21-31-45)51(58)55-41(4)47(57)34-39(2)52(59)63-37-44-28-18-12-19-29-44/h10-21,24-31,39-41,46,48-50H,6-9,22-23,32-38H2,1-5H3,(H,55,58)(H,56,60)/t39-,40+,41+,46+,48-,49+,50-,54+/m1/s1. The molecule has 0 saturated carbocycles. The molecular weight excluding hydrogens is 821 g/mol. The highest BCUT2D eigenvalue weighted by molar-refractivity contribution is 5.93. The topological polar surface area (TPSA) is 138 Å². The first-order chi connectivity index (χ1) is 31.5. The van der Waals surface area contributed by atoms with Crippen LogP contribution in [0.15, 0.2) is 121 Å². The zero-order valence-electron chi connectivity index (χ0n) is 39.0. The fraction of sp³-hybridized carbons (Fsp3) is 0.481. The number of Topliss-reactive ketones (excluding diaryl/α,β-unsaturated/α-hetero) is 1. The summed E-state index contributed by atoms with van der Waals surface area (Å²) in [4.78, 5) is 52.5. The maximum atomic E-state index is 13.7. The Hall–Kier alpha value is -5.36. The molecule has 5 rings (SSSR count). The Balaban J connectivity index is 1.14. The molecule has 1 fully saturated rings. The number of ketones is 1. The first-order valence-corrected chi connectivity index (χ1v) is 23.5. The van der Waals surface area contributed by atoms with Crippen molar-refractivity contribution in [3.05, 3.63) is 144 Å². The van der Waals surface area contributed by atoms with Crippen molar-refractivity contribution >= 4 is 23.8 Å². The zero-order chi connectivity index (χ0) is 46.4. The second-order valence-electron chi connectivity index (χ2n) is 17.7. The lowest BCUT2D eigenvalue weighted by Gasteiger charge is -2.51. The smallest absolute Gasteiger partial charge is 0.408 e. The van der Waals surface area contributed by atoms with Gasteiger partial charge >= 0.3 is 12.1 Å². The third-order valence-corrected chi connectivity index (χ3v) is 12.3. The van der Waals surface area contributed by atoms with Crippen molar-refractivity contribution in [1.82, 2.24) is 10.6 Å². The van der Waals surface area contributed by atoms with Crippen molar-refractivity contribution in [3.8, 4) is 0 Å². The molecule has 0 radical (unpaired) electrons. The lowest BCUT2D eigenvalue weighted by atomic mass is 9.78. The van der Waals surface area contributed by atoms with Crippen molar-refractivity contribution in [2.75, 3.05) is 0 Å². The van der Waals surface area contributed by atoms with Crippen LogP contribution in [0.5, 0.6) is 0 Å². The molecule has 65 heavy (non-hydrogen) atoms. The van der Waals surface area contributed by atoms with Crippen LogP contribution in [0.1, 0.15) is 115 Å². The van der Waals surface area contributed by atoms with E-state index in [9.17, 15) is 19.2 Å². The SMILES string of the molecule is CC[C@H]1O[C@@](C)(CCCCCCC[C@H](NC(=O)OCc2ccccc2)C(=O)N[C@@H](C)C(=O)C[C@@H](C)C(=O)OCc2ccccc2)[C@H](OCc2ccccc2)[C@@H](OCc2ccccc2)[C@H]1C. The van der Waals surface area contributed by atoms with Gasteiger partial charge in [0.2, 0.25) is 5.91 Å². The zero-order valence-corrected chi connectivity index (χ0v) is 39.0. The van der Waals surface area contributed by atoms with Crippen molar-refractivity contribution in [2.45, 2.75) is 155 Å². The first-order valence-electron chi connectivity index (χ1n) is 23.5. The first kappa shape index (κ1) is 50.6. The number of unbranched alkanes of at least 4 members (excludes halogenated alkanes) is 4. The van der Waals surface area contributed by atoms with Crippen LogP contribution in [0.2, 0.25) is 0 Å². The predicted molar refractivity (Wildman–Crippen MR) is 251 cm³/mol. The van der Waals surface area contributed by atoms with Crippen LogP contribution in [0.3, 0.4) is 0 Å². The summed E-state index contributed by atoms with van der Waals surface area (Å²) in [5.41, 5.74) is 3.30. The van der Waals surface area contributed by atoms with Gasteiger partial charge in [0.25, 0.3) is 0 Å². The van der Waals surface area contributed by atoms with E-state index in [1.807, 2.05) is 97.1 Å². The molecule has 4 aromatic rings. The molecule has 1 heterocycles. The Kier molecular flexibility index (Phi) is 20.7. The van der Waals surface area contributed by atoms with Crippen molar-refractivity contribution < 1.29 is 42.9 Å². The number of amides is 2. The molecule has 0 spiro atoms. The number of nitrogens with one attached hydrogen (secondary N) is 2. The second-order valence-corrected chi connectivity index (χ2v) is 17.7. The molecule has 8 atom stereocenters. The quantitative estimate of drug-likeness (QED) is 0.0466. The van der Waals surface area contributed by atoms with E-state index in [0.717, 1.165) is 60.8 Å². The summed E-state index contributed by atoms with van der Waals surface area (Å²) >= 11 is 0. The summed E-state index contributed by atoms with van der Waals surface area (Å²) in [6.07, 6.45) is 4.98. The van der Waals surface area contributed by atoms with E-state index in [-0.39, 0.29) is 49.6 Å². The van der Waals surface area contributed by atoms with Crippen LogP contribution in [0, 0.1) is 11.8 Å². The molecule has 1 saturated heterocycles. The molecule has 11 nitrogen and oxygen atoms in total. The van der Waals surface area contributed by atoms with E-state index in [1.165, 1.54) is 0 Å². The summed E-state index contributed by atoms with van der Waals surface area (Å²) in [7, 11) is 0. The minimum absolute atomic E-state index is 0.0233. The largest absolute Gasteiger partial charge is 0.461 e. The van der Waals surface area contributed by atoms with Gasteiger partial charge in [0, 0.05) is 12.3 Å². The Labute approximate surface area is 386 Å². The number of carbonyl (C=O) groups excluding carboxylic acids is 4. The third-order valence-electron chi connectivity index (χ3n) is 12.3. The van der Waals surface area contributed by atoms with Gasteiger partial charge in [0.1, 0.15) is 25.4 Å². The number of hydrogen-bond donors (Lipinski definition) is 2. The normalized spacial score (nSPS) is 20.8.